The third-order valence-electron chi connectivity index (χ3n) is 3.08. The molecular weight excluding hydrogens is 230 g/mol. The number of nitrogens with zero attached hydrogens (tertiary/aromatic N) is 2. The van der Waals surface area contributed by atoms with Gasteiger partial charge in [-0.25, -0.2) is 12.7 Å². The molecule has 86 valence electrons. The van der Waals surface area contributed by atoms with Crippen molar-refractivity contribution in [3.05, 3.63) is 17.5 Å². The van der Waals surface area contributed by atoms with E-state index in [0.717, 1.165) is 29.0 Å². The van der Waals surface area contributed by atoms with Gasteiger partial charge in [0.25, 0.3) is 5.91 Å². The first kappa shape index (κ1) is 9.83. The van der Waals surface area contributed by atoms with Crippen LogP contribution in [0.15, 0.2) is 6.20 Å². The van der Waals surface area contributed by atoms with E-state index < -0.39 is 15.9 Å². The molecule has 1 aromatic rings. The van der Waals surface area contributed by atoms with E-state index in [1.54, 1.807) is 6.20 Å². The van der Waals surface area contributed by atoms with Gasteiger partial charge in [0.1, 0.15) is 5.69 Å². The number of sulfonamides is 1. The first-order chi connectivity index (χ1) is 7.50. The molecule has 0 bridgehead atoms. The highest BCUT2D eigenvalue weighted by Crippen LogP contribution is 2.49. The molecule has 16 heavy (non-hydrogen) atoms. The van der Waals surface area contributed by atoms with Crippen molar-refractivity contribution in [2.45, 2.75) is 18.9 Å². The van der Waals surface area contributed by atoms with Crippen molar-refractivity contribution in [3.8, 4) is 0 Å². The molecule has 1 aromatic heterocycles. The molecule has 1 unspecified atom stereocenters. The molecule has 1 atom stereocenters. The normalized spacial score (nSPS) is 24.9. The van der Waals surface area contributed by atoms with E-state index in [0.29, 0.717) is 5.69 Å². The molecule has 6 nitrogen and oxygen atoms in total. The Balaban J connectivity index is 2.14. The number of hydrogen-bond acceptors (Lipinski definition) is 4. The quantitative estimate of drug-likeness (QED) is 0.806. The highest BCUT2D eigenvalue weighted by Gasteiger charge is 2.50. The van der Waals surface area contributed by atoms with Gasteiger partial charge < -0.3 is 0 Å². The maximum atomic E-state index is 11.9. The van der Waals surface area contributed by atoms with Gasteiger partial charge in [0.2, 0.25) is 10.0 Å². The smallest absolute Gasteiger partial charge is 0.273 e. The summed E-state index contributed by atoms with van der Waals surface area (Å²) in [4.78, 5) is 11.9. The molecule has 2 aliphatic rings. The van der Waals surface area contributed by atoms with Gasteiger partial charge in [0.15, 0.2) is 0 Å². The van der Waals surface area contributed by atoms with E-state index in [9.17, 15) is 13.2 Å². The topological polar surface area (TPSA) is 83.1 Å². The molecule has 2 heterocycles. The molecule has 3 rings (SSSR count). The van der Waals surface area contributed by atoms with Crippen LogP contribution in [-0.4, -0.2) is 35.1 Å². The molecule has 0 spiro atoms. The monoisotopic (exact) mass is 241 g/mol. The van der Waals surface area contributed by atoms with E-state index >= 15 is 0 Å². The molecule has 1 aliphatic carbocycles. The van der Waals surface area contributed by atoms with Crippen molar-refractivity contribution in [3.63, 3.8) is 0 Å². The van der Waals surface area contributed by atoms with Crippen LogP contribution in [0.3, 0.4) is 0 Å². The van der Waals surface area contributed by atoms with Crippen molar-refractivity contribution in [2.75, 3.05) is 6.26 Å². The van der Waals surface area contributed by atoms with Crippen LogP contribution in [-0.2, 0) is 10.0 Å². The highest BCUT2D eigenvalue weighted by molar-refractivity contribution is 7.89. The Morgan fingerprint density at radius 2 is 2.19 bits per heavy atom. The third kappa shape index (κ3) is 1.21. The van der Waals surface area contributed by atoms with Gasteiger partial charge in [0.05, 0.1) is 18.5 Å². The lowest BCUT2D eigenvalue weighted by Crippen LogP contribution is -2.34. The molecule has 1 N–H and O–H groups in total. The molecule has 0 radical (unpaired) electrons. The van der Waals surface area contributed by atoms with E-state index in [1.165, 1.54) is 0 Å². The van der Waals surface area contributed by atoms with Gasteiger partial charge in [-0.05, 0) is 18.8 Å². The maximum absolute atomic E-state index is 11.9. The summed E-state index contributed by atoms with van der Waals surface area (Å²) in [7, 11) is -3.51. The minimum absolute atomic E-state index is 0.262. The summed E-state index contributed by atoms with van der Waals surface area (Å²) < 4.78 is 24.2. The van der Waals surface area contributed by atoms with E-state index in [-0.39, 0.29) is 12.0 Å². The number of nitrogens with one attached hydrogen (secondary N) is 1. The summed E-state index contributed by atoms with van der Waals surface area (Å²) in [6.45, 7) is 0. The second kappa shape index (κ2) is 2.85. The van der Waals surface area contributed by atoms with Crippen LogP contribution >= 0.6 is 0 Å². The van der Waals surface area contributed by atoms with Gasteiger partial charge in [0, 0.05) is 5.56 Å². The summed E-state index contributed by atoms with van der Waals surface area (Å²) in [5, 5.41) is 6.38. The van der Waals surface area contributed by atoms with Crippen LogP contribution in [0.25, 0.3) is 0 Å². The summed E-state index contributed by atoms with van der Waals surface area (Å²) in [6.07, 6.45) is 4.56. The van der Waals surface area contributed by atoms with E-state index in [1.807, 2.05) is 0 Å². The highest BCUT2D eigenvalue weighted by atomic mass is 32.2. The van der Waals surface area contributed by atoms with Gasteiger partial charge >= 0.3 is 0 Å². The average Bonchev–Trinajstić information content (AvgIpc) is 2.79. The number of fused-ring (bicyclic) bond motifs is 1. The standard InChI is InChI=1S/C9H11N3O3S/c1-16(14,15)12-8(5-2-3-5)6-4-10-11-7(6)9(12)13/h4-5,8H,2-3H2,1H3,(H,10,11). The number of amides is 1. The first-order valence-electron chi connectivity index (χ1n) is 5.07. The number of aromatic amines is 1. The largest absolute Gasteiger partial charge is 0.286 e. The van der Waals surface area contributed by atoms with E-state index in [2.05, 4.69) is 10.2 Å². The maximum Gasteiger partial charge on any atom is 0.286 e. The molecule has 1 saturated carbocycles. The summed E-state index contributed by atoms with van der Waals surface area (Å²) in [5.41, 5.74) is 1.04. The average molecular weight is 241 g/mol. The second-order valence-electron chi connectivity index (χ2n) is 4.35. The van der Waals surface area contributed by atoms with Crippen molar-refractivity contribution in [1.82, 2.24) is 14.5 Å². The number of carbonyl (C=O) groups is 1. The molecule has 7 heteroatoms. The zero-order valence-electron chi connectivity index (χ0n) is 8.67. The van der Waals surface area contributed by atoms with Gasteiger partial charge in [-0.1, -0.05) is 0 Å². The van der Waals surface area contributed by atoms with E-state index in [4.69, 9.17) is 0 Å². The zero-order chi connectivity index (χ0) is 11.5. The Kier molecular flexibility index (Phi) is 1.75. The Morgan fingerprint density at radius 1 is 1.50 bits per heavy atom. The molecule has 1 fully saturated rings. The first-order valence-corrected chi connectivity index (χ1v) is 6.92. The molecule has 0 aromatic carbocycles. The van der Waals surface area contributed by atoms with Gasteiger partial charge in [-0.2, -0.15) is 5.10 Å². The number of hydrogen-bond donors (Lipinski definition) is 1. The lowest BCUT2D eigenvalue weighted by atomic mass is 10.1. The van der Waals surface area contributed by atoms with Crippen LogP contribution in [0.1, 0.15) is 34.9 Å². The van der Waals surface area contributed by atoms with Crippen LogP contribution in [0, 0.1) is 5.92 Å². The Bertz CT molecular complexity index is 558. The summed E-state index contributed by atoms with van der Waals surface area (Å²) in [5.74, 6) is -0.218. The number of rotatable bonds is 2. The van der Waals surface area contributed by atoms with Gasteiger partial charge in [-0.15, -0.1) is 0 Å². The van der Waals surface area contributed by atoms with Crippen molar-refractivity contribution >= 4 is 15.9 Å². The Morgan fingerprint density at radius 3 is 2.75 bits per heavy atom. The summed E-state index contributed by atoms with van der Waals surface area (Å²) in [6, 6.07) is -0.337. The van der Waals surface area contributed by atoms with Crippen molar-refractivity contribution in [2.24, 2.45) is 5.92 Å². The van der Waals surface area contributed by atoms with Crippen molar-refractivity contribution < 1.29 is 13.2 Å². The van der Waals surface area contributed by atoms with Crippen LogP contribution in [0.4, 0.5) is 0 Å². The SMILES string of the molecule is CS(=O)(=O)N1C(=O)c2[nH]ncc2C1C1CC1. The Labute approximate surface area is 92.7 Å². The van der Waals surface area contributed by atoms with Crippen molar-refractivity contribution in [1.29, 1.82) is 0 Å². The van der Waals surface area contributed by atoms with Crippen LogP contribution in [0.5, 0.6) is 0 Å². The second-order valence-corrected chi connectivity index (χ2v) is 6.21. The number of carbonyl (C=O) groups excluding carboxylic acids is 1. The Hall–Kier alpha value is -1.37. The molecule has 1 amide bonds. The molecule has 1 aliphatic heterocycles. The lowest BCUT2D eigenvalue weighted by Gasteiger charge is -2.22. The molecule has 0 saturated heterocycles. The lowest BCUT2D eigenvalue weighted by molar-refractivity contribution is 0.0839. The van der Waals surface area contributed by atoms with Crippen LogP contribution < -0.4 is 0 Å². The van der Waals surface area contributed by atoms with Gasteiger partial charge in [-0.3, -0.25) is 9.89 Å². The predicted octanol–water partition coefficient (Wildman–Crippen LogP) is 0.276. The zero-order valence-corrected chi connectivity index (χ0v) is 9.49. The third-order valence-corrected chi connectivity index (χ3v) is 4.19. The predicted molar refractivity (Wildman–Crippen MR) is 55.1 cm³/mol. The number of H-pyrrole nitrogens is 1. The minimum atomic E-state index is -3.51. The molecular formula is C9H11N3O3S. The van der Waals surface area contributed by atoms with Crippen LogP contribution in [0.2, 0.25) is 0 Å². The minimum Gasteiger partial charge on any atom is -0.273 e. The number of aromatic nitrogens is 2. The fourth-order valence-electron chi connectivity index (χ4n) is 2.27. The summed E-state index contributed by atoms with van der Waals surface area (Å²) >= 11 is 0. The fraction of sp³-hybridized carbons (Fsp3) is 0.556. The fourth-order valence-corrected chi connectivity index (χ4v) is 3.36.